The Hall–Kier alpha value is 0.500. The molecule has 0 bridgehead atoms. The molecule has 0 aliphatic carbocycles. The van der Waals surface area contributed by atoms with Crippen molar-refractivity contribution < 1.29 is 9.46 Å². The topological polar surface area (TPSA) is 40.5 Å². The molecular formula is C10H26NO2PS. The van der Waals surface area contributed by atoms with Crippen molar-refractivity contribution in [1.29, 1.82) is 0 Å². The molecule has 0 amide bonds. The minimum atomic E-state index is -2.82. The molecule has 0 radical (unpaired) electrons. The third-order valence-corrected chi connectivity index (χ3v) is 10.9. The fourth-order valence-corrected chi connectivity index (χ4v) is 7.25. The van der Waals surface area contributed by atoms with E-state index in [1.807, 2.05) is 13.8 Å². The Balaban J connectivity index is 4.17. The first-order chi connectivity index (χ1) is 7.01. The minimum Gasteiger partial charge on any atom is -0.338 e. The van der Waals surface area contributed by atoms with Crippen molar-refractivity contribution in [3.63, 3.8) is 0 Å². The van der Waals surface area contributed by atoms with E-state index >= 15 is 0 Å². The van der Waals surface area contributed by atoms with Gasteiger partial charge in [-0.05, 0) is 24.6 Å². The number of rotatable bonds is 8. The van der Waals surface area contributed by atoms with Crippen LogP contribution in [0.3, 0.4) is 0 Å². The van der Waals surface area contributed by atoms with E-state index in [-0.39, 0.29) is 0 Å². The Bertz CT molecular complexity index is 210. The van der Waals surface area contributed by atoms with Gasteiger partial charge in [0, 0.05) is 12.7 Å². The maximum Gasteiger partial charge on any atom is 0.235 e. The Morgan fingerprint density at radius 3 is 2.07 bits per heavy atom. The number of thiol groups is 1. The van der Waals surface area contributed by atoms with Crippen molar-refractivity contribution >= 4 is 17.1 Å². The van der Waals surface area contributed by atoms with E-state index in [0.717, 1.165) is 31.1 Å². The predicted octanol–water partition coefficient (Wildman–Crippen LogP) is 2.55. The van der Waals surface area contributed by atoms with Crippen LogP contribution >= 0.6 is 17.1 Å². The van der Waals surface area contributed by atoms with E-state index in [1.165, 1.54) is 0 Å². The summed E-state index contributed by atoms with van der Waals surface area (Å²) in [7, 11) is -0.676. The van der Waals surface area contributed by atoms with Crippen LogP contribution in [0.1, 0.15) is 27.7 Å². The molecule has 0 saturated carbocycles. The number of hydrogen-bond acceptors (Lipinski definition) is 2. The van der Waals surface area contributed by atoms with Gasteiger partial charge in [-0.2, -0.15) is 10.5 Å². The predicted molar refractivity (Wildman–Crippen MR) is 72.5 cm³/mol. The van der Waals surface area contributed by atoms with E-state index in [1.54, 1.807) is 0 Å². The molecule has 94 valence electrons. The molecule has 5 heteroatoms. The SMILES string of the molecule is CCN(CC)CC[SH](CC)P(=O)(O)CC. The molecule has 0 saturated heterocycles. The first kappa shape index (κ1) is 15.5. The van der Waals surface area contributed by atoms with Crippen LogP contribution in [0.4, 0.5) is 0 Å². The largest absolute Gasteiger partial charge is 0.338 e. The third-order valence-electron chi connectivity index (χ3n) is 2.79. The molecule has 0 aliphatic heterocycles. The van der Waals surface area contributed by atoms with Crippen LogP contribution in [0.15, 0.2) is 0 Å². The Morgan fingerprint density at radius 1 is 1.20 bits per heavy atom. The summed E-state index contributed by atoms with van der Waals surface area (Å²) in [5, 5.41) is 0. The highest BCUT2D eigenvalue weighted by molar-refractivity contribution is 8.67. The third kappa shape index (κ3) is 5.39. The quantitative estimate of drug-likeness (QED) is 0.517. The Kier molecular flexibility index (Phi) is 7.98. The van der Waals surface area contributed by atoms with Gasteiger partial charge in [-0.25, -0.2) is 0 Å². The van der Waals surface area contributed by atoms with Crippen molar-refractivity contribution in [2.24, 2.45) is 0 Å². The first-order valence-corrected chi connectivity index (χ1v) is 10.1. The van der Waals surface area contributed by atoms with Gasteiger partial charge in [0.1, 0.15) is 0 Å². The monoisotopic (exact) mass is 255 g/mol. The second kappa shape index (κ2) is 7.72. The van der Waals surface area contributed by atoms with Crippen LogP contribution in [0, 0.1) is 0 Å². The van der Waals surface area contributed by atoms with Crippen molar-refractivity contribution in [3.05, 3.63) is 0 Å². The van der Waals surface area contributed by atoms with Gasteiger partial charge >= 0.3 is 0 Å². The van der Waals surface area contributed by atoms with Crippen molar-refractivity contribution in [2.45, 2.75) is 27.7 Å². The summed E-state index contributed by atoms with van der Waals surface area (Å²) in [6, 6.07) is 0. The van der Waals surface area contributed by atoms with Crippen molar-refractivity contribution in [1.82, 2.24) is 4.90 Å². The summed E-state index contributed by atoms with van der Waals surface area (Å²) in [5.41, 5.74) is 0. The molecule has 0 aromatic heterocycles. The normalized spacial score (nSPS) is 18.9. The number of nitrogens with zero attached hydrogens (tertiary/aromatic N) is 1. The van der Waals surface area contributed by atoms with Gasteiger partial charge in [-0.3, -0.25) is 4.57 Å². The van der Waals surface area contributed by atoms with Gasteiger partial charge < -0.3 is 9.79 Å². The highest BCUT2D eigenvalue weighted by Crippen LogP contribution is 2.65. The molecule has 0 rings (SSSR count). The molecule has 0 heterocycles. The zero-order chi connectivity index (χ0) is 11.9. The van der Waals surface area contributed by atoms with Gasteiger partial charge in [-0.15, -0.1) is 0 Å². The molecule has 0 spiro atoms. The fraction of sp³-hybridized carbons (Fsp3) is 1.00. The lowest BCUT2D eigenvalue weighted by atomic mass is 10.5. The molecule has 0 aromatic carbocycles. The van der Waals surface area contributed by atoms with Gasteiger partial charge in [0.05, 0.1) is 0 Å². The average Bonchev–Trinajstić information content (AvgIpc) is 2.24. The minimum absolute atomic E-state index is 0.435. The smallest absolute Gasteiger partial charge is 0.235 e. The maximum atomic E-state index is 11.9. The lowest BCUT2D eigenvalue weighted by Gasteiger charge is -2.28. The van der Waals surface area contributed by atoms with E-state index < -0.39 is 17.1 Å². The molecule has 2 atom stereocenters. The lowest BCUT2D eigenvalue weighted by molar-refractivity contribution is 0.323. The molecule has 1 N–H and O–H groups in total. The van der Waals surface area contributed by atoms with E-state index in [2.05, 4.69) is 18.7 Å². The average molecular weight is 255 g/mol. The van der Waals surface area contributed by atoms with Crippen LogP contribution < -0.4 is 0 Å². The molecular weight excluding hydrogens is 229 g/mol. The standard InChI is InChI=1S/C10H26NO2PS/c1-5-11(6-2)9-10-15(8-4)14(12,13)7-3/h15H,5-10H2,1-4H3,(H,12,13). The number of hydrogen-bond donors (Lipinski definition) is 2. The summed E-state index contributed by atoms with van der Waals surface area (Å²) in [5.74, 6) is 1.79. The lowest BCUT2D eigenvalue weighted by Crippen LogP contribution is -2.26. The van der Waals surface area contributed by atoms with Crippen LogP contribution in [0.2, 0.25) is 0 Å². The zero-order valence-corrected chi connectivity index (χ0v) is 12.2. The summed E-state index contributed by atoms with van der Waals surface area (Å²) in [6.45, 7) is 8.34. The van der Waals surface area contributed by atoms with Crippen molar-refractivity contribution in [3.8, 4) is 0 Å². The van der Waals surface area contributed by atoms with Gasteiger partial charge in [0.25, 0.3) is 0 Å². The van der Waals surface area contributed by atoms with E-state index in [4.69, 9.17) is 0 Å². The second-order valence-electron chi connectivity index (χ2n) is 3.55. The molecule has 2 unspecified atom stereocenters. The highest BCUT2D eigenvalue weighted by atomic mass is 32.8. The maximum absolute atomic E-state index is 11.9. The Labute approximate surface area is 96.8 Å². The van der Waals surface area contributed by atoms with Gasteiger partial charge in [-0.1, -0.05) is 27.7 Å². The fourth-order valence-electron chi connectivity index (χ4n) is 1.53. The summed E-state index contributed by atoms with van der Waals surface area (Å²) in [4.78, 5) is 12.1. The van der Waals surface area contributed by atoms with Crippen LogP contribution in [-0.4, -0.2) is 47.1 Å². The van der Waals surface area contributed by atoms with Crippen molar-refractivity contribution in [2.75, 3.05) is 37.3 Å². The summed E-state index contributed by atoms with van der Waals surface area (Å²) < 4.78 is 11.9. The Morgan fingerprint density at radius 2 is 1.73 bits per heavy atom. The van der Waals surface area contributed by atoms with Gasteiger partial charge in [0.2, 0.25) is 6.57 Å². The highest BCUT2D eigenvalue weighted by Gasteiger charge is 2.23. The molecule has 0 aromatic rings. The van der Waals surface area contributed by atoms with Crippen LogP contribution in [-0.2, 0) is 4.57 Å². The second-order valence-corrected chi connectivity index (χ2v) is 11.2. The van der Waals surface area contributed by atoms with E-state index in [9.17, 15) is 9.46 Å². The molecule has 15 heavy (non-hydrogen) atoms. The molecule has 3 nitrogen and oxygen atoms in total. The van der Waals surface area contributed by atoms with Crippen LogP contribution in [0.5, 0.6) is 0 Å². The summed E-state index contributed by atoms with van der Waals surface area (Å²) in [6.07, 6.45) is 0.435. The van der Waals surface area contributed by atoms with E-state index in [0.29, 0.717) is 6.16 Å². The zero-order valence-electron chi connectivity index (χ0n) is 10.4. The molecule has 0 aliphatic rings. The first-order valence-electron chi connectivity index (χ1n) is 5.81. The van der Waals surface area contributed by atoms with Crippen LogP contribution in [0.25, 0.3) is 0 Å². The molecule has 0 fully saturated rings. The summed E-state index contributed by atoms with van der Waals surface area (Å²) >= 11 is 0. The van der Waals surface area contributed by atoms with Gasteiger partial charge in [0.15, 0.2) is 0 Å².